The Morgan fingerprint density at radius 1 is 1.02 bits per heavy atom. The number of hydrogen-bond acceptors (Lipinski definition) is 8. The SMILES string of the molecule is CS(=O)(=O)c1cccc(NC(=O)Nc2ccc(Oc3ccnc4cc(-c5ccc(CN6CCCC6=O)cn5)sc34)c(F)c2)c1. The van der Waals surface area contributed by atoms with Gasteiger partial charge in [0.2, 0.25) is 5.91 Å². The van der Waals surface area contributed by atoms with Gasteiger partial charge >= 0.3 is 6.03 Å². The quantitative estimate of drug-likeness (QED) is 0.201. The van der Waals surface area contributed by atoms with Crippen LogP contribution in [0.5, 0.6) is 11.5 Å². The van der Waals surface area contributed by atoms with Crippen molar-refractivity contribution in [3.05, 3.63) is 90.5 Å². The molecule has 0 radical (unpaired) electrons. The smallest absolute Gasteiger partial charge is 0.323 e. The number of benzene rings is 2. The van der Waals surface area contributed by atoms with Crippen LogP contribution in [0.1, 0.15) is 18.4 Å². The minimum Gasteiger partial charge on any atom is -0.453 e. The van der Waals surface area contributed by atoms with E-state index in [4.69, 9.17) is 4.74 Å². The van der Waals surface area contributed by atoms with E-state index in [2.05, 4.69) is 20.6 Å². The number of ether oxygens (including phenoxy) is 1. The molecular weight excluding hydrogens is 606 g/mol. The van der Waals surface area contributed by atoms with Crippen molar-refractivity contribution in [3.63, 3.8) is 0 Å². The number of halogens is 1. The summed E-state index contributed by atoms with van der Waals surface area (Å²) < 4.78 is 45.3. The monoisotopic (exact) mass is 631 g/mol. The lowest BCUT2D eigenvalue weighted by Crippen LogP contribution is -2.23. The van der Waals surface area contributed by atoms with Gasteiger partial charge in [-0.1, -0.05) is 12.1 Å². The summed E-state index contributed by atoms with van der Waals surface area (Å²) in [7, 11) is -3.44. The maximum Gasteiger partial charge on any atom is 0.323 e. The normalized spacial score (nSPS) is 13.3. The number of likely N-dealkylation sites (tertiary alicyclic amines) is 1. The van der Waals surface area contributed by atoms with Gasteiger partial charge in [0, 0.05) is 61.7 Å². The van der Waals surface area contributed by atoms with Crippen LogP contribution in [-0.4, -0.2) is 48.0 Å². The van der Waals surface area contributed by atoms with E-state index in [1.807, 2.05) is 23.1 Å². The number of nitrogens with one attached hydrogen (secondary N) is 2. The molecule has 13 heteroatoms. The highest BCUT2D eigenvalue weighted by Crippen LogP contribution is 2.39. The van der Waals surface area contributed by atoms with Crippen molar-refractivity contribution in [3.8, 4) is 22.1 Å². The number of thiophene rings is 1. The molecule has 224 valence electrons. The molecule has 1 saturated heterocycles. The summed E-state index contributed by atoms with van der Waals surface area (Å²) in [4.78, 5) is 36.2. The third-order valence-corrected chi connectivity index (χ3v) is 9.20. The van der Waals surface area contributed by atoms with Crippen molar-refractivity contribution < 1.29 is 27.1 Å². The molecule has 4 heterocycles. The molecule has 0 unspecified atom stereocenters. The van der Waals surface area contributed by atoms with E-state index in [-0.39, 0.29) is 27.9 Å². The second-order valence-corrected chi connectivity index (χ2v) is 13.3. The third-order valence-electron chi connectivity index (χ3n) is 6.93. The third kappa shape index (κ3) is 6.53. The summed E-state index contributed by atoms with van der Waals surface area (Å²) in [6, 6.07) is 16.6. The summed E-state index contributed by atoms with van der Waals surface area (Å²) in [6.07, 6.45) is 5.91. The minimum atomic E-state index is -3.44. The number of sulfone groups is 1. The first kappa shape index (κ1) is 29.2. The molecule has 1 fully saturated rings. The molecule has 3 aromatic heterocycles. The van der Waals surface area contributed by atoms with E-state index in [1.54, 1.807) is 24.5 Å². The topological polar surface area (TPSA) is 131 Å². The van der Waals surface area contributed by atoms with E-state index in [9.17, 15) is 18.0 Å². The molecular formula is C31H26FN5O5S2. The van der Waals surface area contributed by atoms with Gasteiger partial charge in [-0.2, -0.15) is 0 Å². The van der Waals surface area contributed by atoms with Gasteiger partial charge in [0.05, 0.1) is 25.7 Å². The average Bonchev–Trinajstić information content (AvgIpc) is 3.61. The van der Waals surface area contributed by atoms with Crippen molar-refractivity contribution in [1.82, 2.24) is 14.9 Å². The molecule has 0 aliphatic carbocycles. The van der Waals surface area contributed by atoms with Crippen LogP contribution >= 0.6 is 11.3 Å². The lowest BCUT2D eigenvalue weighted by molar-refractivity contribution is -0.128. The molecule has 3 amide bonds. The molecule has 1 aliphatic heterocycles. The van der Waals surface area contributed by atoms with E-state index in [1.165, 1.54) is 41.7 Å². The first-order valence-electron chi connectivity index (χ1n) is 13.6. The van der Waals surface area contributed by atoms with Crippen LogP contribution in [0.3, 0.4) is 0 Å². The Balaban J connectivity index is 1.14. The first-order valence-corrected chi connectivity index (χ1v) is 16.3. The predicted octanol–water partition coefficient (Wildman–Crippen LogP) is 6.46. The highest BCUT2D eigenvalue weighted by Gasteiger charge is 2.20. The Kier molecular flexibility index (Phi) is 7.97. The Morgan fingerprint density at radius 2 is 1.84 bits per heavy atom. The van der Waals surface area contributed by atoms with Gasteiger partial charge in [-0.15, -0.1) is 11.3 Å². The van der Waals surface area contributed by atoms with Gasteiger partial charge in [-0.05, 0) is 54.4 Å². The van der Waals surface area contributed by atoms with Crippen LogP contribution in [0.2, 0.25) is 0 Å². The molecule has 1 aliphatic rings. The van der Waals surface area contributed by atoms with E-state index >= 15 is 4.39 Å². The van der Waals surface area contributed by atoms with Crippen molar-refractivity contribution in [2.75, 3.05) is 23.4 Å². The van der Waals surface area contributed by atoms with Gasteiger partial charge in [-0.3, -0.25) is 14.8 Å². The second-order valence-electron chi connectivity index (χ2n) is 10.2. The summed E-state index contributed by atoms with van der Waals surface area (Å²) in [5, 5.41) is 5.07. The number of hydrogen-bond donors (Lipinski definition) is 2. The zero-order chi connectivity index (χ0) is 30.8. The highest BCUT2D eigenvalue weighted by molar-refractivity contribution is 7.90. The van der Waals surface area contributed by atoms with Crippen molar-refractivity contribution in [2.45, 2.75) is 24.3 Å². The summed E-state index contributed by atoms with van der Waals surface area (Å²) in [5.74, 6) is -0.159. The number of nitrogens with zero attached hydrogens (tertiary/aromatic N) is 3. The van der Waals surface area contributed by atoms with Gasteiger partial charge in [0.1, 0.15) is 5.75 Å². The van der Waals surface area contributed by atoms with Gasteiger partial charge in [0.15, 0.2) is 21.4 Å². The van der Waals surface area contributed by atoms with Crippen molar-refractivity contribution in [1.29, 1.82) is 0 Å². The van der Waals surface area contributed by atoms with Crippen LogP contribution < -0.4 is 15.4 Å². The zero-order valence-electron chi connectivity index (χ0n) is 23.4. The Hall–Kier alpha value is -4.88. The number of carbonyl (C=O) groups excluding carboxylic acids is 2. The Labute approximate surface area is 256 Å². The van der Waals surface area contributed by atoms with Crippen LogP contribution in [-0.2, 0) is 21.2 Å². The fourth-order valence-electron chi connectivity index (χ4n) is 4.75. The molecule has 10 nitrogen and oxygen atoms in total. The Bertz CT molecular complexity index is 2000. The minimum absolute atomic E-state index is 0.0433. The summed E-state index contributed by atoms with van der Waals surface area (Å²) in [6.45, 7) is 1.31. The largest absolute Gasteiger partial charge is 0.453 e. The number of carbonyl (C=O) groups is 2. The molecule has 6 rings (SSSR count). The fraction of sp³-hybridized carbons (Fsp3) is 0.161. The van der Waals surface area contributed by atoms with Crippen LogP contribution in [0, 0.1) is 5.82 Å². The van der Waals surface area contributed by atoms with Gasteiger partial charge in [-0.25, -0.2) is 17.6 Å². The molecule has 0 spiro atoms. The number of anilines is 2. The fourth-order valence-corrected chi connectivity index (χ4v) is 6.46. The molecule has 2 aromatic carbocycles. The Morgan fingerprint density at radius 3 is 2.55 bits per heavy atom. The van der Waals surface area contributed by atoms with Crippen LogP contribution in [0.4, 0.5) is 20.6 Å². The number of rotatable bonds is 8. The molecule has 44 heavy (non-hydrogen) atoms. The summed E-state index contributed by atoms with van der Waals surface area (Å²) in [5.41, 5.74) is 2.82. The number of fused-ring (bicyclic) bond motifs is 1. The molecule has 0 atom stereocenters. The van der Waals surface area contributed by atoms with Gasteiger partial charge in [0.25, 0.3) is 0 Å². The zero-order valence-corrected chi connectivity index (χ0v) is 25.0. The van der Waals surface area contributed by atoms with Crippen molar-refractivity contribution in [2.24, 2.45) is 0 Å². The highest BCUT2D eigenvalue weighted by atomic mass is 32.2. The van der Waals surface area contributed by atoms with Crippen LogP contribution in [0.15, 0.2) is 84.0 Å². The van der Waals surface area contributed by atoms with E-state index in [0.717, 1.165) is 41.4 Å². The lowest BCUT2D eigenvalue weighted by atomic mass is 10.2. The molecule has 2 N–H and O–H groups in total. The van der Waals surface area contributed by atoms with Crippen LogP contribution in [0.25, 0.3) is 20.8 Å². The molecule has 0 bridgehead atoms. The second kappa shape index (κ2) is 12.0. The standard InChI is InChI=1S/C31H26FN5O5S2/c1-44(40,41)22-5-2-4-20(14-22)35-31(39)36-21-8-10-26(23(32)15-21)42-27-11-12-33-25-16-28(43-30(25)27)24-9-7-19(17-34-24)18-37-13-3-6-29(37)38/h2,4-5,7-12,14-17H,3,6,13,18H2,1H3,(H2,35,36,39). The number of pyridine rings is 2. The number of aromatic nitrogens is 2. The average molecular weight is 632 g/mol. The summed E-state index contributed by atoms with van der Waals surface area (Å²) >= 11 is 1.42. The molecule has 5 aromatic rings. The van der Waals surface area contributed by atoms with E-state index < -0.39 is 21.7 Å². The maximum absolute atomic E-state index is 15.1. The van der Waals surface area contributed by atoms with E-state index in [0.29, 0.717) is 28.9 Å². The van der Waals surface area contributed by atoms with Gasteiger partial charge < -0.3 is 20.3 Å². The number of urea groups is 1. The first-order chi connectivity index (χ1) is 21.1. The predicted molar refractivity (Wildman–Crippen MR) is 166 cm³/mol. The maximum atomic E-state index is 15.1. The lowest BCUT2D eigenvalue weighted by Gasteiger charge is -2.15. The molecule has 0 saturated carbocycles. The number of amides is 3. The van der Waals surface area contributed by atoms with Crippen molar-refractivity contribution >= 4 is 54.7 Å².